The molecule has 2 aromatic rings. The molecular weight excluding hydrogens is 266 g/mol. The normalized spacial score (nSPS) is 10.4. The molecule has 0 aromatic heterocycles. The van der Waals surface area contributed by atoms with Gasteiger partial charge in [-0.25, -0.2) is 0 Å². The zero-order valence-electron chi connectivity index (χ0n) is 12.4. The molecule has 0 fully saturated rings. The Morgan fingerprint density at radius 2 is 1.71 bits per heavy atom. The Morgan fingerprint density at radius 3 is 2.33 bits per heavy atom. The van der Waals surface area contributed by atoms with Gasteiger partial charge >= 0.3 is 0 Å². The molecule has 0 heterocycles. The van der Waals surface area contributed by atoms with Crippen molar-refractivity contribution >= 4 is 11.6 Å². The van der Waals surface area contributed by atoms with Gasteiger partial charge in [-0.3, -0.25) is 4.79 Å². The van der Waals surface area contributed by atoms with Gasteiger partial charge < -0.3 is 15.1 Å². The van der Waals surface area contributed by atoms with Crippen LogP contribution in [0.2, 0.25) is 0 Å². The van der Waals surface area contributed by atoms with E-state index in [1.165, 1.54) is 6.07 Å². The number of aryl methyl sites for hydroxylation is 2. The van der Waals surface area contributed by atoms with E-state index in [4.69, 9.17) is 0 Å². The van der Waals surface area contributed by atoms with E-state index in [1.54, 1.807) is 42.2 Å². The number of anilines is 1. The summed E-state index contributed by atoms with van der Waals surface area (Å²) >= 11 is 0. The molecule has 0 aliphatic heterocycles. The van der Waals surface area contributed by atoms with Crippen LogP contribution in [0.25, 0.3) is 0 Å². The molecule has 0 saturated carbocycles. The number of hydrogen-bond acceptors (Lipinski definition) is 3. The summed E-state index contributed by atoms with van der Waals surface area (Å²) in [5, 5.41) is 19.4. The molecule has 0 aliphatic rings. The van der Waals surface area contributed by atoms with E-state index in [2.05, 4.69) is 0 Å². The Kier molecular flexibility index (Phi) is 4.17. The number of aromatic hydroxyl groups is 2. The molecule has 0 radical (unpaired) electrons. The van der Waals surface area contributed by atoms with Crippen LogP contribution in [0.1, 0.15) is 28.4 Å². The first kappa shape index (κ1) is 14.9. The Morgan fingerprint density at radius 1 is 1.05 bits per heavy atom. The lowest BCUT2D eigenvalue weighted by Crippen LogP contribution is -2.31. The summed E-state index contributed by atoms with van der Waals surface area (Å²) in [5.74, 6) is 0.0136. The zero-order chi connectivity index (χ0) is 15.6. The van der Waals surface area contributed by atoms with E-state index in [0.29, 0.717) is 17.8 Å². The highest BCUT2D eigenvalue weighted by molar-refractivity contribution is 6.06. The fraction of sp³-hybridized carbons (Fsp3) is 0.235. The lowest BCUT2D eigenvalue weighted by Gasteiger charge is -2.23. The van der Waals surface area contributed by atoms with Crippen LogP contribution in [0.4, 0.5) is 5.69 Å². The third-order valence-electron chi connectivity index (χ3n) is 3.50. The lowest BCUT2D eigenvalue weighted by atomic mass is 10.1. The molecule has 1 amide bonds. The summed E-state index contributed by atoms with van der Waals surface area (Å²) in [6.45, 7) is 6.01. The number of benzene rings is 2. The molecule has 0 atom stereocenters. The van der Waals surface area contributed by atoms with Crippen molar-refractivity contribution in [2.45, 2.75) is 20.8 Å². The van der Waals surface area contributed by atoms with Crippen LogP contribution < -0.4 is 4.90 Å². The van der Waals surface area contributed by atoms with Crippen molar-refractivity contribution in [3.63, 3.8) is 0 Å². The SMILES string of the molecule is CCN(C(=O)c1ccc(C)c(O)c1)c1cc(O)ccc1C. The minimum Gasteiger partial charge on any atom is -0.508 e. The van der Waals surface area contributed by atoms with Gasteiger partial charge in [0.1, 0.15) is 11.5 Å². The highest BCUT2D eigenvalue weighted by Crippen LogP contribution is 2.27. The van der Waals surface area contributed by atoms with E-state index < -0.39 is 0 Å². The Balaban J connectivity index is 2.43. The number of carbonyl (C=O) groups is 1. The molecule has 110 valence electrons. The van der Waals surface area contributed by atoms with Crippen molar-refractivity contribution in [3.8, 4) is 11.5 Å². The maximum Gasteiger partial charge on any atom is 0.258 e. The van der Waals surface area contributed by atoms with E-state index in [1.807, 2.05) is 13.8 Å². The third-order valence-corrected chi connectivity index (χ3v) is 3.50. The molecule has 0 unspecified atom stereocenters. The summed E-state index contributed by atoms with van der Waals surface area (Å²) in [4.78, 5) is 14.2. The third kappa shape index (κ3) is 2.99. The Labute approximate surface area is 124 Å². The van der Waals surface area contributed by atoms with Crippen LogP contribution in [-0.2, 0) is 0 Å². The molecule has 0 spiro atoms. The lowest BCUT2D eigenvalue weighted by molar-refractivity contribution is 0.0988. The fourth-order valence-electron chi connectivity index (χ4n) is 2.21. The average molecular weight is 285 g/mol. The van der Waals surface area contributed by atoms with Crippen LogP contribution in [0.5, 0.6) is 11.5 Å². The van der Waals surface area contributed by atoms with Crippen LogP contribution in [0.15, 0.2) is 36.4 Å². The molecule has 0 bridgehead atoms. The number of hydrogen-bond donors (Lipinski definition) is 2. The fourth-order valence-corrected chi connectivity index (χ4v) is 2.21. The van der Waals surface area contributed by atoms with Crippen molar-refractivity contribution in [2.24, 2.45) is 0 Å². The Hall–Kier alpha value is -2.49. The van der Waals surface area contributed by atoms with Gasteiger partial charge in [0.05, 0.1) is 5.69 Å². The first-order valence-corrected chi connectivity index (χ1v) is 6.85. The molecule has 2 aromatic carbocycles. The highest BCUT2D eigenvalue weighted by atomic mass is 16.3. The molecule has 0 aliphatic carbocycles. The van der Waals surface area contributed by atoms with Crippen molar-refractivity contribution in [3.05, 3.63) is 53.1 Å². The van der Waals surface area contributed by atoms with E-state index in [-0.39, 0.29) is 17.4 Å². The monoisotopic (exact) mass is 285 g/mol. The number of nitrogens with zero attached hydrogens (tertiary/aromatic N) is 1. The second kappa shape index (κ2) is 5.87. The minimum atomic E-state index is -0.207. The maximum atomic E-state index is 12.6. The molecule has 0 saturated heterocycles. The predicted molar refractivity (Wildman–Crippen MR) is 83.0 cm³/mol. The standard InChI is InChI=1S/C17H19NO3/c1-4-18(15-10-14(19)8-6-11(15)2)17(21)13-7-5-12(3)16(20)9-13/h5-10,19-20H,4H2,1-3H3. The van der Waals surface area contributed by atoms with Gasteiger partial charge in [0, 0.05) is 18.2 Å². The van der Waals surface area contributed by atoms with Gasteiger partial charge in [0.2, 0.25) is 0 Å². The van der Waals surface area contributed by atoms with Gasteiger partial charge in [0.15, 0.2) is 0 Å². The number of rotatable bonds is 3. The van der Waals surface area contributed by atoms with Gasteiger partial charge in [-0.15, -0.1) is 0 Å². The van der Waals surface area contributed by atoms with Gasteiger partial charge in [-0.05, 0) is 50.1 Å². The average Bonchev–Trinajstić information content (AvgIpc) is 2.46. The second-order valence-corrected chi connectivity index (χ2v) is 5.02. The van der Waals surface area contributed by atoms with Crippen molar-refractivity contribution in [1.82, 2.24) is 0 Å². The Bertz CT molecular complexity index is 680. The maximum absolute atomic E-state index is 12.6. The summed E-state index contributed by atoms with van der Waals surface area (Å²) in [6.07, 6.45) is 0. The first-order chi connectivity index (χ1) is 9.93. The van der Waals surface area contributed by atoms with Crippen LogP contribution >= 0.6 is 0 Å². The molecule has 2 N–H and O–H groups in total. The van der Waals surface area contributed by atoms with Crippen LogP contribution in [0.3, 0.4) is 0 Å². The van der Waals surface area contributed by atoms with E-state index in [0.717, 1.165) is 11.1 Å². The smallest absolute Gasteiger partial charge is 0.258 e. The highest BCUT2D eigenvalue weighted by Gasteiger charge is 2.19. The molecule has 4 nitrogen and oxygen atoms in total. The molecule has 4 heteroatoms. The van der Waals surface area contributed by atoms with E-state index in [9.17, 15) is 15.0 Å². The largest absolute Gasteiger partial charge is 0.508 e. The molecule has 2 rings (SSSR count). The summed E-state index contributed by atoms with van der Waals surface area (Å²) in [5.41, 5.74) is 2.72. The van der Waals surface area contributed by atoms with Gasteiger partial charge in [0.25, 0.3) is 5.91 Å². The quantitative estimate of drug-likeness (QED) is 0.908. The van der Waals surface area contributed by atoms with E-state index >= 15 is 0 Å². The summed E-state index contributed by atoms with van der Waals surface area (Å²) in [7, 11) is 0. The first-order valence-electron chi connectivity index (χ1n) is 6.85. The zero-order valence-corrected chi connectivity index (χ0v) is 12.4. The van der Waals surface area contributed by atoms with Crippen molar-refractivity contribution in [1.29, 1.82) is 0 Å². The second-order valence-electron chi connectivity index (χ2n) is 5.02. The van der Waals surface area contributed by atoms with Crippen LogP contribution in [0, 0.1) is 13.8 Å². The summed E-state index contributed by atoms with van der Waals surface area (Å²) in [6, 6.07) is 9.81. The summed E-state index contributed by atoms with van der Waals surface area (Å²) < 4.78 is 0. The molecular formula is C17H19NO3. The minimum absolute atomic E-state index is 0.101. The topological polar surface area (TPSA) is 60.8 Å². The predicted octanol–water partition coefficient (Wildman–Crippen LogP) is 3.38. The van der Waals surface area contributed by atoms with Crippen molar-refractivity contribution < 1.29 is 15.0 Å². The number of phenolic OH excluding ortho intramolecular Hbond substituents is 2. The number of phenols is 2. The molecule has 21 heavy (non-hydrogen) atoms. The number of carbonyl (C=O) groups excluding carboxylic acids is 1. The van der Waals surface area contributed by atoms with Crippen molar-refractivity contribution in [2.75, 3.05) is 11.4 Å². The van der Waals surface area contributed by atoms with Gasteiger partial charge in [-0.2, -0.15) is 0 Å². The van der Waals surface area contributed by atoms with Crippen LogP contribution in [-0.4, -0.2) is 22.7 Å². The number of amides is 1. The van der Waals surface area contributed by atoms with Gasteiger partial charge in [-0.1, -0.05) is 12.1 Å².